The first-order valence-electron chi connectivity index (χ1n) is 11.0. The number of nitrogens with one attached hydrogen (secondary N) is 1. The van der Waals surface area contributed by atoms with Crippen molar-refractivity contribution in [2.24, 2.45) is 5.92 Å². The smallest absolute Gasteiger partial charge is 0.407 e. The highest BCUT2D eigenvalue weighted by atomic mass is 28.4. The molecule has 1 heterocycles. The molecule has 1 aromatic carbocycles. The maximum atomic E-state index is 14.2. The lowest BCUT2D eigenvalue weighted by atomic mass is 9.92. The fourth-order valence-corrected chi connectivity index (χ4v) is 5.47. The van der Waals surface area contributed by atoms with Gasteiger partial charge in [-0.1, -0.05) is 26.8 Å². The first-order chi connectivity index (χ1) is 14.6. The summed E-state index contributed by atoms with van der Waals surface area (Å²) in [6.07, 6.45) is -2.18. The van der Waals surface area contributed by atoms with Crippen LogP contribution in [0.3, 0.4) is 0 Å². The predicted octanol–water partition coefficient (Wildman–Crippen LogP) is 5.29. The number of benzene rings is 1. The first kappa shape index (κ1) is 25.1. The van der Waals surface area contributed by atoms with Crippen LogP contribution in [0.2, 0.25) is 18.1 Å². The number of hydrogen-bond acceptors (Lipinski definition) is 5. The van der Waals surface area contributed by atoms with Crippen LogP contribution in [0.4, 0.5) is 13.6 Å². The average Bonchev–Trinajstić information content (AvgIpc) is 3.14. The van der Waals surface area contributed by atoms with E-state index in [2.05, 4.69) is 39.2 Å². The van der Waals surface area contributed by atoms with Crippen LogP contribution < -0.4 is 5.32 Å². The van der Waals surface area contributed by atoms with E-state index in [0.717, 1.165) is 6.07 Å². The van der Waals surface area contributed by atoms with Gasteiger partial charge >= 0.3 is 6.09 Å². The standard InChI is InChI=1S/C23H35F2NO5Si/c1-22(2,3)32(7,8)31-18(13-9-10-15(24)16(25)11-13)14-12-17(28-21(27)26-6)20-19(14)29-23(4,5)30-20/h9-11,14,17-20H,12H2,1-8H3,(H,26,27)/t14-,17-,18?,19-,20+/m1/s1. The Hall–Kier alpha value is -1.55. The SMILES string of the molecule is CNC(=O)O[C@@H]1C[C@H](C(O[Si](C)(C)C(C)(C)C)c2ccc(F)c(F)c2)[C@H]2OC(C)(C)O[C@H]21. The van der Waals surface area contributed by atoms with E-state index >= 15 is 0 Å². The molecular formula is C23H35F2NO5Si. The van der Waals surface area contributed by atoms with Gasteiger partial charge in [0.05, 0.1) is 12.2 Å². The molecule has 1 saturated heterocycles. The van der Waals surface area contributed by atoms with Crippen LogP contribution in [-0.2, 0) is 18.6 Å². The average molecular weight is 472 g/mol. The Morgan fingerprint density at radius 1 is 1.19 bits per heavy atom. The Bertz CT molecular complexity index is 857. The van der Waals surface area contributed by atoms with Crippen molar-refractivity contribution in [3.05, 3.63) is 35.4 Å². The lowest BCUT2D eigenvalue weighted by Crippen LogP contribution is -2.44. The Morgan fingerprint density at radius 2 is 1.81 bits per heavy atom. The fourth-order valence-electron chi connectivity index (χ4n) is 4.17. The second-order valence-electron chi connectivity index (χ2n) is 10.6. The number of ether oxygens (including phenoxy) is 3. The van der Waals surface area contributed by atoms with Crippen molar-refractivity contribution in [1.29, 1.82) is 0 Å². The number of halogens is 2. The van der Waals surface area contributed by atoms with Gasteiger partial charge in [-0.3, -0.25) is 0 Å². The minimum Gasteiger partial charge on any atom is -0.443 e. The number of rotatable bonds is 5. The largest absolute Gasteiger partial charge is 0.443 e. The molecule has 1 aliphatic carbocycles. The van der Waals surface area contributed by atoms with Gasteiger partial charge in [0.2, 0.25) is 0 Å². The zero-order valence-corrected chi connectivity index (χ0v) is 21.1. The number of amides is 1. The van der Waals surface area contributed by atoms with E-state index in [4.69, 9.17) is 18.6 Å². The molecule has 6 nitrogen and oxygen atoms in total. The van der Waals surface area contributed by atoms with Gasteiger partial charge in [-0.25, -0.2) is 13.6 Å². The topological polar surface area (TPSA) is 66.0 Å². The summed E-state index contributed by atoms with van der Waals surface area (Å²) < 4.78 is 52.6. The van der Waals surface area contributed by atoms with E-state index in [0.29, 0.717) is 12.0 Å². The minimum atomic E-state index is -2.32. The number of carbonyl (C=O) groups excluding carboxylic acids is 1. The molecule has 1 aromatic rings. The molecular weight excluding hydrogens is 436 g/mol. The van der Waals surface area contributed by atoms with E-state index in [-0.39, 0.29) is 11.0 Å². The van der Waals surface area contributed by atoms with Crippen molar-refractivity contribution in [2.75, 3.05) is 7.05 Å². The number of carbonyl (C=O) groups is 1. The van der Waals surface area contributed by atoms with Crippen LogP contribution >= 0.6 is 0 Å². The zero-order chi connectivity index (χ0) is 24.1. The van der Waals surface area contributed by atoms with Gasteiger partial charge in [0.1, 0.15) is 12.2 Å². The Balaban J connectivity index is 2.02. The lowest BCUT2D eigenvalue weighted by Gasteiger charge is -2.42. The lowest BCUT2D eigenvalue weighted by molar-refractivity contribution is -0.170. The summed E-state index contributed by atoms with van der Waals surface area (Å²) in [4.78, 5) is 12.0. The van der Waals surface area contributed by atoms with Gasteiger partial charge < -0.3 is 24.0 Å². The van der Waals surface area contributed by atoms with Gasteiger partial charge in [-0.05, 0) is 56.1 Å². The highest BCUT2D eigenvalue weighted by Crippen LogP contribution is 2.51. The quantitative estimate of drug-likeness (QED) is 0.591. The molecule has 1 amide bonds. The summed E-state index contributed by atoms with van der Waals surface area (Å²) in [5.74, 6) is -2.99. The van der Waals surface area contributed by atoms with E-state index in [9.17, 15) is 13.6 Å². The number of hydrogen-bond donors (Lipinski definition) is 1. The third kappa shape index (κ3) is 5.00. The second-order valence-corrected chi connectivity index (χ2v) is 15.4. The highest BCUT2D eigenvalue weighted by Gasteiger charge is 2.58. The first-order valence-corrected chi connectivity index (χ1v) is 13.9. The van der Waals surface area contributed by atoms with Crippen LogP contribution in [0, 0.1) is 17.6 Å². The van der Waals surface area contributed by atoms with Crippen LogP contribution in [0.15, 0.2) is 18.2 Å². The van der Waals surface area contributed by atoms with Gasteiger partial charge in [0.25, 0.3) is 0 Å². The maximum Gasteiger partial charge on any atom is 0.407 e. The molecule has 0 spiro atoms. The Morgan fingerprint density at radius 3 is 2.38 bits per heavy atom. The summed E-state index contributed by atoms with van der Waals surface area (Å²) in [7, 11) is -0.830. The normalized spacial score (nSPS) is 28.3. The van der Waals surface area contributed by atoms with E-state index in [1.165, 1.54) is 13.1 Å². The van der Waals surface area contributed by atoms with E-state index in [1.807, 2.05) is 0 Å². The highest BCUT2D eigenvalue weighted by molar-refractivity contribution is 6.74. The third-order valence-corrected chi connectivity index (χ3v) is 11.3. The summed E-state index contributed by atoms with van der Waals surface area (Å²) in [5, 5.41) is 2.36. The Kier molecular flexibility index (Phi) is 6.79. The summed E-state index contributed by atoms with van der Waals surface area (Å²) in [6, 6.07) is 3.86. The molecule has 0 aromatic heterocycles. The van der Waals surface area contributed by atoms with Crippen molar-refractivity contribution >= 4 is 14.4 Å². The monoisotopic (exact) mass is 471 g/mol. The van der Waals surface area contributed by atoms with Crippen molar-refractivity contribution in [3.8, 4) is 0 Å². The molecule has 1 aliphatic heterocycles. The van der Waals surface area contributed by atoms with Crippen LogP contribution in [0.1, 0.15) is 52.7 Å². The number of fused-ring (bicyclic) bond motifs is 1. The molecule has 0 bridgehead atoms. The molecule has 1 saturated carbocycles. The second kappa shape index (κ2) is 8.66. The minimum absolute atomic E-state index is 0.105. The third-order valence-electron chi connectivity index (χ3n) is 6.81. The molecule has 2 fully saturated rings. The maximum absolute atomic E-state index is 14.2. The van der Waals surface area contributed by atoms with Gasteiger partial charge in [-0.15, -0.1) is 0 Å². The molecule has 0 radical (unpaired) electrons. The van der Waals surface area contributed by atoms with Crippen molar-refractivity contribution < 1.29 is 32.2 Å². The molecule has 3 rings (SSSR count). The van der Waals surface area contributed by atoms with Gasteiger partial charge in [-0.2, -0.15) is 0 Å². The molecule has 180 valence electrons. The molecule has 2 aliphatic rings. The predicted molar refractivity (Wildman–Crippen MR) is 119 cm³/mol. The summed E-state index contributed by atoms with van der Waals surface area (Å²) in [5.41, 5.74) is 0.534. The van der Waals surface area contributed by atoms with Crippen molar-refractivity contribution in [3.63, 3.8) is 0 Å². The summed E-state index contributed by atoms with van der Waals surface area (Å²) >= 11 is 0. The van der Waals surface area contributed by atoms with Crippen molar-refractivity contribution in [2.45, 2.75) is 89.4 Å². The molecule has 1 unspecified atom stereocenters. The number of alkyl carbamates (subject to hydrolysis) is 1. The van der Waals surface area contributed by atoms with Gasteiger partial charge in [0.15, 0.2) is 25.7 Å². The Labute approximate surface area is 190 Å². The van der Waals surface area contributed by atoms with Gasteiger partial charge in [0, 0.05) is 13.0 Å². The fraction of sp³-hybridized carbons (Fsp3) is 0.696. The van der Waals surface area contributed by atoms with Crippen LogP contribution in [0.5, 0.6) is 0 Å². The summed E-state index contributed by atoms with van der Waals surface area (Å²) in [6.45, 7) is 14.2. The van der Waals surface area contributed by atoms with E-state index < -0.39 is 56.2 Å². The van der Waals surface area contributed by atoms with E-state index in [1.54, 1.807) is 19.9 Å². The van der Waals surface area contributed by atoms with Crippen LogP contribution in [0.25, 0.3) is 0 Å². The van der Waals surface area contributed by atoms with Crippen LogP contribution in [-0.4, -0.2) is 45.6 Å². The molecule has 1 N–H and O–H groups in total. The van der Waals surface area contributed by atoms with Crippen molar-refractivity contribution in [1.82, 2.24) is 5.32 Å². The molecule has 5 atom stereocenters. The zero-order valence-electron chi connectivity index (χ0n) is 20.1. The molecule has 9 heteroatoms. The molecule has 32 heavy (non-hydrogen) atoms.